The van der Waals surface area contributed by atoms with Crippen molar-refractivity contribution in [2.45, 2.75) is 20.3 Å². The summed E-state index contributed by atoms with van der Waals surface area (Å²) in [4.78, 5) is 0. The van der Waals surface area contributed by atoms with Crippen LogP contribution in [0.4, 0.5) is 0 Å². The standard InChI is InChI=1S/C9H13NS/c1-6-3-4-7(2)9-8(6)5-11-10-9/h4,6,8H,3,5H2,1-2H3. The van der Waals surface area contributed by atoms with Crippen LogP contribution in [-0.4, -0.2) is 11.5 Å². The van der Waals surface area contributed by atoms with Crippen molar-refractivity contribution in [3.05, 3.63) is 11.6 Å². The summed E-state index contributed by atoms with van der Waals surface area (Å²) in [5.41, 5.74) is 2.78. The maximum absolute atomic E-state index is 4.45. The van der Waals surface area contributed by atoms with E-state index in [0.717, 1.165) is 11.8 Å². The highest BCUT2D eigenvalue weighted by Gasteiger charge is 2.30. The Balaban J connectivity index is 2.32. The van der Waals surface area contributed by atoms with E-state index in [0.29, 0.717) is 0 Å². The molecule has 0 saturated heterocycles. The zero-order chi connectivity index (χ0) is 7.84. The largest absolute Gasteiger partial charge is 0.221 e. The van der Waals surface area contributed by atoms with Crippen molar-refractivity contribution >= 4 is 17.7 Å². The van der Waals surface area contributed by atoms with E-state index in [1.165, 1.54) is 23.5 Å². The summed E-state index contributed by atoms with van der Waals surface area (Å²) in [5.74, 6) is 2.78. The molecule has 0 saturated carbocycles. The summed E-state index contributed by atoms with van der Waals surface area (Å²) in [7, 11) is 0. The molecule has 1 nitrogen and oxygen atoms in total. The van der Waals surface area contributed by atoms with E-state index in [4.69, 9.17) is 0 Å². The quantitative estimate of drug-likeness (QED) is 0.505. The van der Waals surface area contributed by atoms with Gasteiger partial charge >= 0.3 is 0 Å². The molecule has 0 N–H and O–H groups in total. The van der Waals surface area contributed by atoms with E-state index >= 15 is 0 Å². The Kier molecular flexibility index (Phi) is 1.80. The molecule has 1 aliphatic heterocycles. The van der Waals surface area contributed by atoms with Crippen molar-refractivity contribution in [2.24, 2.45) is 16.2 Å². The van der Waals surface area contributed by atoms with Gasteiger partial charge in [0.25, 0.3) is 0 Å². The Hall–Kier alpha value is -0.240. The van der Waals surface area contributed by atoms with Crippen LogP contribution in [0.25, 0.3) is 0 Å². The Bertz CT molecular complexity index is 230. The van der Waals surface area contributed by atoms with Gasteiger partial charge in [0.1, 0.15) is 0 Å². The van der Waals surface area contributed by atoms with Crippen molar-refractivity contribution in [2.75, 3.05) is 5.75 Å². The first kappa shape index (κ1) is 7.41. The molecule has 11 heavy (non-hydrogen) atoms. The van der Waals surface area contributed by atoms with Crippen LogP contribution in [0.15, 0.2) is 16.0 Å². The van der Waals surface area contributed by atoms with Gasteiger partial charge in [-0.2, -0.15) is 0 Å². The molecule has 0 aromatic carbocycles. The normalized spacial score (nSPS) is 36.2. The first-order valence-corrected chi connectivity index (χ1v) is 5.10. The highest BCUT2D eigenvalue weighted by atomic mass is 32.2. The fourth-order valence-corrected chi connectivity index (χ4v) is 2.90. The second kappa shape index (κ2) is 2.67. The number of nitrogens with zero attached hydrogens (tertiary/aromatic N) is 1. The van der Waals surface area contributed by atoms with Gasteiger partial charge in [0.05, 0.1) is 5.71 Å². The summed E-state index contributed by atoms with van der Waals surface area (Å²) < 4.78 is 4.45. The monoisotopic (exact) mass is 167 g/mol. The number of allylic oxidation sites excluding steroid dienone is 2. The van der Waals surface area contributed by atoms with Crippen molar-refractivity contribution < 1.29 is 0 Å². The van der Waals surface area contributed by atoms with E-state index in [1.807, 2.05) is 0 Å². The maximum Gasteiger partial charge on any atom is 0.0555 e. The van der Waals surface area contributed by atoms with Gasteiger partial charge in [-0.25, -0.2) is 4.40 Å². The van der Waals surface area contributed by atoms with Crippen molar-refractivity contribution in [3.63, 3.8) is 0 Å². The predicted molar refractivity (Wildman–Crippen MR) is 50.9 cm³/mol. The second-order valence-electron chi connectivity index (χ2n) is 3.48. The van der Waals surface area contributed by atoms with Gasteiger partial charge in [0, 0.05) is 11.7 Å². The maximum atomic E-state index is 4.45. The molecule has 2 heteroatoms. The van der Waals surface area contributed by atoms with Gasteiger partial charge in [-0.05, 0) is 36.8 Å². The molecule has 0 aromatic rings. The molecule has 0 amide bonds. The number of hydrogen-bond donors (Lipinski definition) is 0. The van der Waals surface area contributed by atoms with Gasteiger partial charge in [-0.15, -0.1) is 0 Å². The molecule has 0 radical (unpaired) electrons. The fourth-order valence-electron chi connectivity index (χ4n) is 1.76. The van der Waals surface area contributed by atoms with Crippen LogP contribution in [0.1, 0.15) is 20.3 Å². The molecule has 2 rings (SSSR count). The van der Waals surface area contributed by atoms with Gasteiger partial charge < -0.3 is 0 Å². The van der Waals surface area contributed by atoms with Gasteiger partial charge in [0.15, 0.2) is 0 Å². The Morgan fingerprint density at radius 1 is 1.64 bits per heavy atom. The smallest absolute Gasteiger partial charge is 0.0555 e. The molecule has 60 valence electrons. The number of hydrogen-bond acceptors (Lipinski definition) is 2. The second-order valence-corrected chi connectivity index (χ2v) is 4.25. The van der Waals surface area contributed by atoms with Crippen LogP contribution in [0.3, 0.4) is 0 Å². The minimum Gasteiger partial charge on any atom is -0.221 e. The summed E-state index contributed by atoms with van der Waals surface area (Å²) in [6.07, 6.45) is 3.57. The van der Waals surface area contributed by atoms with Crippen LogP contribution in [-0.2, 0) is 0 Å². The molecule has 0 bridgehead atoms. The Labute approximate surface area is 72.1 Å². The van der Waals surface area contributed by atoms with E-state index in [-0.39, 0.29) is 0 Å². The molecule has 0 aromatic heterocycles. The van der Waals surface area contributed by atoms with Crippen LogP contribution in [0.5, 0.6) is 0 Å². The Morgan fingerprint density at radius 2 is 2.45 bits per heavy atom. The SMILES string of the molecule is CC1=CCC(C)C2CSN=C12. The first-order valence-electron chi connectivity index (χ1n) is 4.16. The molecule has 2 atom stereocenters. The lowest BCUT2D eigenvalue weighted by Crippen LogP contribution is -2.24. The van der Waals surface area contributed by atoms with Crippen molar-refractivity contribution in [1.82, 2.24) is 0 Å². The van der Waals surface area contributed by atoms with Crippen LogP contribution in [0, 0.1) is 11.8 Å². The molecule has 1 heterocycles. The predicted octanol–water partition coefficient (Wildman–Crippen LogP) is 2.69. The molecule has 2 aliphatic rings. The highest BCUT2D eigenvalue weighted by molar-refractivity contribution is 7.98. The average molecular weight is 167 g/mol. The summed E-state index contributed by atoms with van der Waals surface area (Å²) >= 11 is 1.73. The van der Waals surface area contributed by atoms with Gasteiger partial charge in [-0.3, -0.25) is 0 Å². The third-order valence-electron chi connectivity index (χ3n) is 2.65. The van der Waals surface area contributed by atoms with Crippen LogP contribution < -0.4 is 0 Å². The fraction of sp³-hybridized carbons (Fsp3) is 0.667. The van der Waals surface area contributed by atoms with Crippen LogP contribution >= 0.6 is 11.9 Å². The minimum absolute atomic E-state index is 0.755. The van der Waals surface area contributed by atoms with E-state index in [9.17, 15) is 0 Å². The third kappa shape index (κ3) is 1.13. The lowest BCUT2D eigenvalue weighted by atomic mass is 9.81. The molecule has 0 fully saturated rings. The topological polar surface area (TPSA) is 12.4 Å². The minimum atomic E-state index is 0.755. The lowest BCUT2D eigenvalue weighted by molar-refractivity contribution is 0.490. The van der Waals surface area contributed by atoms with E-state index in [2.05, 4.69) is 24.3 Å². The van der Waals surface area contributed by atoms with E-state index in [1.54, 1.807) is 11.9 Å². The summed E-state index contributed by atoms with van der Waals surface area (Å²) in [5, 5.41) is 0. The van der Waals surface area contributed by atoms with Crippen LogP contribution in [0.2, 0.25) is 0 Å². The summed E-state index contributed by atoms with van der Waals surface area (Å²) in [6.45, 7) is 4.51. The molecule has 2 unspecified atom stereocenters. The molecule has 1 aliphatic carbocycles. The lowest BCUT2D eigenvalue weighted by Gasteiger charge is -2.24. The molecule has 0 spiro atoms. The first-order chi connectivity index (χ1) is 5.29. The highest BCUT2D eigenvalue weighted by Crippen LogP contribution is 2.35. The van der Waals surface area contributed by atoms with E-state index < -0.39 is 0 Å². The van der Waals surface area contributed by atoms with Gasteiger partial charge in [0.2, 0.25) is 0 Å². The third-order valence-corrected chi connectivity index (χ3v) is 3.49. The summed E-state index contributed by atoms with van der Waals surface area (Å²) in [6, 6.07) is 0. The average Bonchev–Trinajstić information content (AvgIpc) is 2.45. The number of fused-ring (bicyclic) bond motifs is 1. The Morgan fingerprint density at radius 3 is 3.18 bits per heavy atom. The zero-order valence-electron chi connectivity index (χ0n) is 7.00. The van der Waals surface area contributed by atoms with Crippen molar-refractivity contribution in [3.8, 4) is 0 Å². The van der Waals surface area contributed by atoms with Crippen molar-refractivity contribution in [1.29, 1.82) is 0 Å². The number of rotatable bonds is 0. The zero-order valence-corrected chi connectivity index (χ0v) is 7.82. The molecular formula is C9H13NS. The van der Waals surface area contributed by atoms with Gasteiger partial charge in [-0.1, -0.05) is 13.0 Å². The molecular weight excluding hydrogens is 154 g/mol.